The molecule has 1 aliphatic carbocycles. The normalized spacial score (nSPS) is 20.7. The molecular weight excluding hydrogens is 402 g/mol. The van der Waals surface area contributed by atoms with Gasteiger partial charge >= 0.3 is 5.97 Å². The van der Waals surface area contributed by atoms with Gasteiger partial charge in [0.1, 0.15) is 5.75 Å². The molecule has 166 valence electrons. The van der Waals surface area contributed by atoms with Crippen molar-refractivity contribution in [2.75, 3.05) is 7.11 Å². The van der Waals surface area contributed by atoms with Crippen molar-refractivity contribution in [3.05, 3.63) is 86.8 Å². The minimum absolute atomic E-state index is 0.0189. The van der Waals surface area contributed by atoms with E-state index < -0.39 is 11.9 Å². The van der Waals surface area contributed by atoms with E-state index in [2.05, 4.69) is 38.2 Å². The largest absolute Gasteiger partial charge is 0.508 e. The standard InChI is InChI=1S/C27H29NO4/c1-14-9-15(2)23(16(3)10-14)19-12-21-26(22(30)13-19)25(18-7-6-8-20(29)11-18)24(17(4)28-21)27(31)32-5/h6-11,19,25,28-29H,12-13H2,1-5H3/t19?,25-/m0/s1. The highest BCUT2D eigenvalue weighted by Crippen LogP contribution is 2.47. The molecule has 1 aliphatic heterocycles. The van der Waals surface area contributed by atoms with Crippen LogP contribution in [0.1, 0.15) is 59.4 Å². The maximum atomic E-state index is 13.6. The molecule has 0 saturated carbocycles. The highest BCUT2D eigenvalue weighted by atomic mass is 16.5. The number of methoxy groups -OCH3 is 1. The number of aryl methyl sites for hydroxylation is 3. The number of hydrogen-bond acceptors (Lipinski definition) is 5. The molecule has 0 saturated heterocycles. The maximum absolute atomic E-state index is 13.6. The van der Waals surface area contributed by atoms with Crippen molar-refractivity contribution in [3.63, 3.8) is 0 Å². The zero-order valence-electron chi connectivity index (χ0n) is 19.2. The van der Waals surface area contributed by atoms with Gasteiger partial charge in [-0.25, -0.2) is 4.79 Å². The number of phenolic OH excluding ortho intramolecular Hbond substituents is 1. The third kappa shape index (κ3) is 3.72. The summed E-state index contributed by atoms with van der Waals surface area (Å²) in [6, 6.07) is 11.1. The van der Waals surface area contributed by atoms with Crippen LogP contribution in [0.25, 0.3) is 0 Å². The Hall–Kier alpha value is -3.34. The second-order valence-electron chi connectivity index (χ2n) is 8.92. The van der Waals surface area contributed by atoms with Crippen molar-refractivity contribution in [3.8, 4) is 5.75 Å². The Labute approximate surface area is 188 Å². The predicted molar refractivity (Wildman–Crippen MR) is 123 cm³/mol. The fourth-order valence-electron chi connectivity index (χ4n) is 5.50. The van der Waals surface area contributed by atoms with E-state index in [0.717, 1.165) is 5.70 Å². The molecule has 0 amide bonds. The number of ketones is 1. The van der Waals surface area contributed by atoms with Gasteiger partial charge in [0.2, 0.25) is 0 Å². The van der Waals surface area contributed by atoms with Gasteiger partial charge in [-0.1, -0.05) is 29.8 Å². The highest BCUT2D eigenvalue weighted by molar-refractivity contribution is 6.04. The molecule has 2 aromatic rings. The van der Waals surface area contributed by atoms with Crippen LogP contribution in [0.4, 0.5) is 0 Å². The van der Waals surface area contributed by atoms with Gasteiger partial charge in [-0.05, 0) is 74.4 Å². The van der Waals surface area contributed by atoms with Gasteiger partial charge in [0, 0.05) is 29.3 Å². The Morgan fingerprint density at radius 3 is 2.38 bits per heavy atom. The molecule has 0 aromatic heterocycles. The molecule has 2 aromatic carbocycles. The summed E-state index contributed by atoms with van der Waals surface area (Å²) >= 11 is 0. The topological polar surface area (TPSA) is 75.6 Å². The number of carbonyl (C=O) groups excluding carboxylic acids is 2. The van der Waals surface area contributed by atoms with Crippen molar-refractivity contribution < 1.29 is 19.4 Å². The molecule has 0 bridgehead atoms. The Balaban J connectivity index is 1.84. The molecule has 4 rings (SSSR count). The predicted octanol–water partition coefficient (Wildman–Crippen LogP) is 4.85. The lowest BCUT2D eigenvalue weighted by molar-refractivity contribution is -0.136. The third-order valence-electron chi connectivity index (χ3n) is 6.58. The quantitative estimate of drug-likeness (QED) is 0.680. The number of hydrogen-bond donors (Lipinski definition) is 2. The molecule has 0 fully saturated rings. The van der Waals surface area contributed by atoms with Crippen LogP contribution in [0.2, 0.25) is 0 Å². The molecule has 32 heavy (non-hydrogen) atoms. The van der Waals surface area contributed by atoms with Crippen molar-refractivity contribution in [1.82, 2.24) is 5.32 Å². The molecule has 2 N–H and O–H groups in total. The van der Waals surface area contributed by atoms with Crippen LogP contribution in [0.15, 0.2) is 58.9 Å². The highest BCUT2D eigenvalue weighted by Gasteiger charge is 2.41. The number of esters is 1. The summed E-state index contributed by atoms with van der Waals surface area (Å²) in [5.74, 6) is -0.858. The second kappa shape index (κ2) is 8.30. The first-order valence-electron chi connectivity index (χ1n) is 10.9. The smallest absolute Gasteiger partial charge is 0.336 e. The Morgan fingerprint density at radius 2 is 1.75 bits per heavy atom. The minimum atomic E-state index is -0.570. The van der Waals surface area contributed by atoms with Crippen molar-refractivity contribution >= 4 is 11.8 Å². The number of dihydropyridines is 1. The third-order valence-corrected chi connectivity index (χ3v) is 6.58. The lowest BCUT2D eigenvalue weighted by Gasteiger charge is -2.37. The molecule has 0 radical (unpaired) electrons. The molecule has 5 heteroatoms. The average Bonchev–Trinajstić information content (AvgIpc) is 2.71. The lowest BCUT2D eigenvalue weighted by atomic mass is 9.70. The number of benzene rings is 2. The van der Waals surface area contributed by atoms with E-state index in [9.17, 15) is 14.7 Å². The van der Waals surface area contributed by atoms with Crippen molar-refractivity contribution in [2.45, 2.75) is 52.4 Å². The van der Waals surface area contributed by atoms with Crippen LogP contribution in [0, 0.1) is 20.8 Å². The van der Waals surface area contributed by atoms with E-state index >= 15 is 0 Å². The summed E-state index contributed by atoms with van der Waals surface area (Å²) in [5, 5.41) is 13.4. The number of ether oxygens (including phenoxy) is 1. The minimum Gasteiger partial charge on any atom is -0.508 e. The van der Waals surface area contributed by atoms with Gasteiger partial charge in [0.15, 0.2) is 5.78 Å². The first kappa shape index (κ1) is 21.9. The van der Waals surface area contributed by atoms with Gasteiger partial charge in [-0.2, -0.15) is 0 Å². The monoisotopic (exact) mass is 431 g/mol. The molecule has 1 unspecified atom stereocenters. The van der Waals surface area contributed by atoms with Crippen LogP contribution in [0.3, 0.4) is 0 Å². The summed E-state index contributed by atoms with van der Waals surface area (Å²) in [4.78, 5) is 26.3. The summed E-state index contributed by atoms with van der Waals surface area (Å²) < 4.78 is 5.06. The number of rotatable bonds is 3. The van der Waals surface area contributed by atoms with Crippen molar-refractivity contribution in [2.24, 2.45) is 0 Å². The van der Waals surface area contributed by atoms with Crippen LogP contribution in [-0.2, 0) is 14.3 Å². The lowest BCUT2D eigenvalue weighted by Crippen LogP contribution is -2.36. The molecule has 0 spiro atoms. The second-order valence-corrected chi connectivity index (χ2v) is 8.92. The fraction of sp³-hybridized carbons (Fsp3) is 0.333. The SMILES string of the molecule is COC(=O)C1=C(C)NC2=C(C(=O)CC(c3c(C)cc(C)cc3C)C2)[C@H]1c1cccc(O)c1. The summed E-state index contributed by atoms with van der Waals surface area (Å²) in [7, 11) is 1.34. The zero-order valence-corrected chi connectivity index (χ0v) is 19.2. The molecule has 2 aliphatic rings. The number of phenols is 1. The average molecular weight is 432 g/mol. The van der Waals surface area contributed by atoms with Crippen LogP contribution >= 0.6 is 0 Å². The Morgan fingerprint density at radius 1 is 1.06 bits per heavy atom. The number of aromatic hydroxyl groups is 1. The fourth-order valence-corrected chi connectivity index (χ4v) is 5.50. The van der Waals surface area contributed by atoms with E-state index in [1.807, 2.05) is 13.0 Å². The summed E-state index contributed by atoms with van der Waals surface area (Å²) in [6.07, 6.45) is 1.07. The number of carbonyl (C=O) groups is 2. The van der Waals surface area contributed by atoms with Crippen LogP contribution in [0.5, 0.6) is 5.75 Å². The number of allylic oxidation sites excluding steroid dienone is 3. The van der Waals surface area contributed by atoms with E-state index in [4.69, 9.17) is 4.74 Å². The summed E-state index contributed by atoms with van der Waals surface area (Å²) in [5.41, 5.74) is 8.08. The molecular formula is C27H29NO4. The van der Waals surface area contributed by atoms with E-state index in [1.54, 1.807) is 18.2 Å². The van der Waals surface area contributed by atoms with E-state index in [1.165, 1.54) is 29.4 Å². The van der Waals surface area contributed by atoms with Crippen LogP contribution < -0.4 is 5.32 Å². The van der Waals surface area contributed by atoms with Crippen LogP contribution in [-0.4, -0.2) is 24.0 Å². The van der Waals surface area contributed by atoms with Gasteiger partial charge < -0.3 is 15.2 Å². The Kier molecular flexibility index (Phi) is 5.68. The first-order valence-corrected chi connectivity index (χ1v) is 10.9. The first-order chi connectivity index (χ1) is 15.2. The number of Topliss-reactive ketones (excluding diaryl/α,β-unsaturated/α-hetero) is 1. The van der Waals surface area contributed by atoms with Gasteiger partial charge in [-0.3, -0.25) is 4.79 Å². The van der Waals surface area contributed by atoms with Gasteiger partial charge in [-0.15, -0.1) is 0 Å². The maximum Gasteiger partial charge on any atom is 0.336 e. The van der Waals surface area contributed by atoms with Gasteiger partial charge in [0.25, 0.3) is 0 Å². The van der Waals surface area contributed by atoms with Gasteiger partial charge in [0.05, 0.1) is 12.7 Å². The van der Waals surface area contributed by atoms with E-state index in [-0.39, 0.29) is 17.5 Å². The van der Waals surface area contributed by atoms with E-state index in [0.29, 0.717) is 35.2 Å². The molecule has 5 nitrogen and oxygen atoms in total. The molecule has 1 heterocycles. The zero-order chi connectivity index (χ0) is 23.2. The Bertz CT molecular complexity index is 1160. The summed E-state index contributed by atoms with van der Waals surface area (Å²) in [6.45, 7) is 8.13. The molecule has 2 atom stereocenters. The van der Waals surface area contributed by atoms with Crippen molar-refractivity contribution in [1.29, 1.82) is 0 Å². The number of nitrogens with one attached hydrogen (secondary N) is 1.